The Bertz CT molecular complexity index is 1010. The number of halogens is 2. The molecule has 7 heteroatoms. The molecule has 0 spiro atoms. The second kappa shape index (κ2) is 12.3. The molecule has 5 atom stereocenters. The average molecular weight is 537 g/mol. The van der Waals surface area contributed by atoms with E-state index in [-0.39, 0.29) is 36.2 Å². The SMILES string of the molecule is CC(C)CC[C@H](C(C)C)N1C(=O)[C@@](C)(CC(O)OO)C[C@H](c2cccc(Cl)c2)C1c1ccc(Cl)cc1. The summed E-state index contributed by atoms with van der Waals surface area (Å²) in [6.45, 7) is 10.6. The van der Waals surface area contributed by atoms with E-state index in [1.807, 2.05) is 55.5 Å². The molecule has 1 aliphatic heterocycles. The van der Waals surface area contributed by atoms with Crippen molar-refractivity contribution in [3.63, 3.8) is 0 Å². The van der Waals surface area contributed by atoms with E-state index in [1.165, 1.54) is 0 Å². The third-order valence-electron chi connectivity index (χ3n) is 7.50. The lowest BCUT2D eigenvalue weighted by atomic mass is 9.66. The first-order valence-corrected chi connectivity index (χ1v) is 13.5. The van der Waals surface area contributed by atoms with Crippen molar-refractivity contribution < 1.29 is 20.0 Å². The summed E-state index contributed by atoms with van der Waals surface area (Å²) in [6.07, 6.45) is 0.841. The van der Waals surface area contributed by atoms with Gasteiger partial charge in [-0.05, 0) is 66.5 Å². The highest BCUT2D eigenvalue weighted by atomic mass is 35.5. The van der Waals surface area contributed by atoms with Gasteiger partial charge in [0.25, 0.3) is 0 Å². The van der Waals surface area contributed by atoms with E-state index in [0.717, 1.165) is 24.0 Å². The van der Waals surface area contributed by atoms with Crippen molar-refractivity contribution >= 4 is 29.1 Å². The summed E-state index contributed by atoms with van der Waals surface area (Å²) in [4.78, 5) is 20.7. The fraction of sp³-hybridized carbons (Fsp3) is 0.552. The van der Waals surface area contributed by atoms with E-state index in [9.17, 15) is 9.90 Å². The number of aliphatic hydroxyl groups excluding tert-OH is 1. The highest BCUT2D eigenvalue weighted by molar-refractivity contribution is 6.30. The molecule has 2 aromatic carbocycles. The number of rotatable bonds is 10. The van der Waals surface area contributed by atoms with Crippen LogP contribution in [0.1, 0.15) is 83.4 Å². The smallest absolute Gasteiger partial charge is 0.229 e. The molecule has 0 saturated carbocycles. The Morgan fingerprint density at radius 3 is 2.25 bits per heavy atom. The molecule has 1 aliphatic rings. The van der Waals surface area contributed by atoms with Crippen molar-refractivity contribution in [2.24, 2.45) is 17.3 Å². The van der Waals surface area contributed by atoms with Gasteiger partial charge in [0, 0.05) is 28.4 Å². The Labute approximate surface area is 225 Å². The van der Waals surface area contributed by atoms with Gasteiger partial charge in [-0.2, -0.15) is 0 Å². The van der Waals surface area contributed by atoms with Crippen molar-refractivity contribution in [3.8, 4) is 0 Å². The molecule has 0 bridgehead atoms. The number of carbonyl (C=O) groups excluding carboxylic acids is 1. The van der Waals surface area contributed by atoms with Gasteiger partial charge in [-0.15, -0.1) is 0 Å². The number of nitrogens with zero attached hydrogens (tertiary/aromatic N) is 1. The molecular weight excluding hydrogens is 497 g/mol. The number of amides is 1. The second-order valence-corrected chi connectivity index (χ2v) is 12.1. The fourth-order valence-electron chi connectivity index (χ4n) is 5.65. The van der Waals surface area contributed by atoms with Crippen LogP contribution >= 0.6 is 23.2 Å². The molecule has 3 rings (SSSR count). The normalized spacial score (nSPS) is 24.4. The van der Waals surface area contributed by atoms with Crippen LogP contribution in [0.4, 0.5) is 0 Å². The van der Waals surface area contributed by atoms with Crippen LogP contribution in [-0.4, -0.2) is 33.5 Å². The highest BCUT2D eigenvalue weighted by Gasteiger charge is 2.52. The molecule has 1 saturated heterocycles. The van der Waals surface area contributed by atoms with Crippen LogP contribution in [0, 0.1) is 17.3 Å². The molecule has 1 amide bonds. The number of benzene rings is 2. The molecule has 5 nitrogen and oxygen atoms in total. The Morgan fingerprint density at radius 2 is 1.69 bits per heavy atom. The van der Waals surface area contributed by atoms with Gasteiger partial charge in [-0.25, -0.2) is 10.1 Å². The van der Waals surface area contributed by atoms with Crippen LogP contribution in [0.2, 0.25) is 10.0 Å². The van der Waals surface area contributed by atoms with E-state index in [2.05, 4.69) is 37.5 Å². The number of hydrogen-bond acceptors (Lipinski definition) is 4. The van der Waals surface area contributed by atoms with Crippen molar-refractivity contribution in [2.45, 2.75) is 84.6 Å². The van der Waals surface area contributed by atoms with E-state index in [1.54, 1.807) is 0 Å². The monoisotopic (exact) mass is 535 g/mol. The molecule has 36 heavy (non-hydrogen) atoms. The molecule has 0 aromatic heterocycles. The lowest BCUT2D eigenvalue weighted by Gasteiger charge is -2.53. The minimum atomic E-state index is -1.46. The molecule has 2 aromatic rings. The van der Waals surface area contributed by atoms with Gasteiger partial charge in [0.1, 0.15) is 0 Å². The number of likely N-dealkylation sites (tertiary alicyclic amines) is 1. The summed E-state index contributed by atoms with van der Waals surface area (Å²) in [6, 6.07) is 15.2. The minimum absolute atomic E-state index is 0.0156. The Hall–Kier alpha value is -1.63. The lowest BCUT2D eigenvalue weighted by Crippen LogP contribution is -2.57. The van der Waals surface area contributed by atoms with Crippen molar-refractivity contribution in [1.82, 2.24) is 4.90 Å². The van der Waals surface area contributed by atoms with Gasteiger partial charge in [0.2, 0.25) is 5.91 Å². The standard InChI is InChI=1S/C29H39Cl2NO4/c1-18(2)9-14-25(19(3)4)32-27(20-10-12-22(30)13-11-20)24(21-7-6-8-23(31)15-21)16-29(5,28(32)34)17-26(33)36-35/h6-8,10-13,15,18-19,24-27,33,35H,9,14,16-17H2,1-5H3/t24-,25-,26?,27?,29-/m1/s1. The number of aliphatic hydroxyl groups is 1. The maximum atomic E-state index is 14.4. The van der Waals surface area contributed by atoms with E-state index >= 15 is 0 Å². The van der Waals surface area contributed by atoms with Crippen molar-refractivity contribution in [2.75, 3.05) is 0 Å². The zero-order valence-corrected chi connectivity index (χ0v) is 23.3. The number of hydrogen-bond donors (Lipinski definition) is 2. The highest BCUT2D eigenvalue weighted by Crippen LogP contribution is 2.53. The zero-order chi connectivity index (χ0) is 26.6. The Balaban J connectivity index is 2.23. The summed E-state index contributed by atoms with van der Waals surface area (Å²) in [5.41, 5.74) is 1.08. The largest absolute Gasteiger partial charge is 0.366 e. The van der Waals surface area contributed by atoms with Gasteiger partial charge < -0.3 is 10.0 Å². The van der Waals surface area contributed by atoms with E-state index in [0.29, 0.717) is 22.4 Å². The molecule has 198 valence electrons. The average Bonchev–Trinajstić information content (AvgIpc) is 2.82. The molecule has 0 aliphatic carbocycles. The quantitative estimate of drug-likeness (QED) is 0.185. The molecule has 1 heterocycles. The van der Waals surface area contributed by atoms with Crippen LogP contribution in [0.5, 0.6) is 0 Å². The van der Waals surface area contributed by atoms with Gasteiger partial charge in [-0.3, -0.25) is 4.79 Å². The first-order valence-electron chi connectivity index (χ1n) is 12.8. The number of piperidine rings is 1. The topological polar surface area (TPSA) is 70.0 Å². The van der Waals surface area contributed by atoms with Crippen molar-refractivity contribution in [3.05, 3.63) is 69.7 Å². The predicted molar refractivity (Wildman–Crippen MR) is 145 cm³/mol. The molecule has 2 unspecified atom stereocenters. The maximum Gasteiger partial charge on any atom is 0.229 e. The third-order valence-corrected chi connectivity index (χ3v) is 7.99. The van der Waals surface area contributed by atoms with Crippen LogP contribution in [0.25, 0.3) is 0 Å². The molecule has 2 N–H and O–H groups in total. The van der Waals surface area contributed by atoms with Crippen molar-refractivity contribution in [1.29, 1.82) is 0 Å². The summed E-state index contributed by atoms with van der Waals surface area (Å²) in [5, 5.41) is 20.7. The zero-order valence-electron chi connectivity index (χ0n) is 21.8. The molecule has 1 fully saturated rings. The van der Waals surface area contributed by atoms with Crippen LogP contribution in [0.15, 0.2) is 48.5 Å². The first-order chi connectivity index (χ1) is 17.0. The van der Waals surface area contributed by atoms with Crippen LogP contribution < -0.4 is 0 Å². The van der Waals surface area contributed by atoms with E-state index in [4.69, 9.17) is 28.5 Å². The fourth-order valence-corrected chi connectivity index (χ4v) is 5.98. The van der Waals surface area contributed by atoms with Crippen LogP contribution in [-0.2, 0) is 9.68 Å². The summed E-state index contributed by atoms with van der Waals surface area (Å²) in [5.74, 6) is 0.571. The predicted octanol–water partition coefficient (Wildman–Crippen LogP) is 7.72. The van der Waals surface area contributed by atoms with Gasteiger partial charge in [0.15, 0.2) is 6.29 Å². The first kappa shape index (κ1) is 28.9. The maximum absolute atomic E-state index is 14.4. The minimum Gasteiger partial charge on any atom is -0.366 e. The summed E-state index contributed by atoms with van der Waals surface area (Å²) >= 11 is 12.7. The number of carbonyl (C=O) groups is 1. The molecular formula is C29H39Cl2NO4. The Kier molecular flexibility index (Phi) is 9.87. The Morgan fingerprint density at radius 1 is 1.03 bits per heavy atom. The second-order valence-electron chi connectivity index (χ2n) is 11.2. The van der Waals surface area contributed by atoms with Crippen LogP contribution in [0.3, 0.4) is 0 Å². The third kappa shape index (κ3) is 6.62. The van der Waals surface area contributed by atoms with Gasteiger partial charge >= 0.3 is 0 Å². The lowest BCUT2D eigenvalue weighted by molar-refractivity contribution is -0.340. The van der Waals surface area contributed by atoms with Gasteiger partial charge in [0.05, 0.1) is 11.5 Å². The summed E-state index contributed by atoms with van der Waals surface area (Å²) < 4.78 is 0. The van der Waals surface area contributed by atoms with Gasteiger partial charge in [-0.1, -0.05) is 82.1 Å². The van der Waals surface area contributed by atoms with E-state index < -0.39 is 11.7 Å². The summed E-state index contributed by atoms with van der Waals surface area (Å²) in [7, 11) is 0. The molecule has 0 radical (unpaired) electrons.